The van der Waals surface area contributed by atoms with Gasteiger partial charge in [-0.15, -0.1) is 0 Å². The highest BCUT2D eigenvalue weighted by Crippen LogP contribution is 2.41. The first-order valence-electron chi connectivity index (χ1n) is 4.92. The van der Waals surface area contributed by atoms with Crippen molar-refractivity contribution in [1.82, 2.24) is 0 Å². The van der Waals surface area contributed by atoms with Crippen LogP contribution in [0.5, 0.6) is 0 Å². The minimum atomic E-state index is -0.211. The third kappa shape index (κ3) is 1.12. The van der Waals surface area contributed by atoms with Crippen molar-refractivity contribution in [3.8, 4) is 11.1 Å². The van der Waals surface area contributed by atoms with E-state index in [0.717, 1.165) is 22.3 Å². The first-order chi connectivity index (χ1) is 7.27. The van der Waals surface area contributed by atoms with Crippen LogP contribution in [-0.4, -0.2) is 0 Å². The lowest BCUT2D eigenvalue weighted by Gasteiger charge is -2.05. The molecule has 0 radical (unpaired) electrons. The molecule has 0 spiro atoms. The van der Waals surface area contributed by atoms with Crippen LogP contribution in [0.2, 0.25) is 0 Å². The molecule has 2 heteroatoms. The smallest absolute Gasteiger partial charge is 0.123 e. The van der Waals surface area contributed by atoms with E-state index in [9.17, 15) is 4.39 Å². The summed E-state index contributed by atoms with van der Waals surface area (Å²) < 4.78 is 13.1. The van der Waals surface area contributed by atoms with Gasteiger partial charge in [0, 0.05) is 0 Å². The van der Waals surface area contributed by atoms with E-state index in [1.807, 2.05) is 24.3 Å². The molecule has 1 atom stereocenters. The van der Waals surface area contributed by atoms with E-state index in [4.69, 9.17) is 5.73 Å². The molecule has 1 aliphatic rings. The second-order valence-corrected chi connectivity index (χ2v) is 3.80. The van der Waals surface area contributed by atoms with E-state index >= 15 is 0 Å². The minimum Gasteiger partial charge on any atom is -0.320 e. The van der Waals surface area contributed by atoms with Crippen molar-refractivity contribution in [2.45, 2.75) is 6.04 Å². The molecule has 0 heterocycles. The Kier molecular flexibility index (Phi) is 1.67. The molecule has 1 unspecified atom stereocenters. The quantitative estimate of drug-likeness (QED) is 0.693. The van der Waals surface area contributed by atoms with Gasteiger partial charge in [0.15, 0.2) is 0 Å². The molecule has 15 heavy (non-hydrogen) atoms. The summed E-state index contributed by atoms with van der Waals surface area (Å²) in [5.41, 5.74) is 10.2. The first-order valence-corrected chi connectivity index (χ1v) is 4.92. The topological polar surface area (TPSA) is 26.0 Å². The predicted octanol–water partition coefficient (Wildman–Crippen LogP) is 2.85. The maximum atomic E-state index is 13.1. The Bertz CT molecular complexity index is 534. The summed E-state index contributed by atoms with van der Waals surface area (Å²) in [5.74, 6) is -0.211. The molecule has 0 bridgehead atoms. The Morgan fingerprint density at radius 1 is 0.933 bits per heavy atom. The summed E-state index contributed by atoms with van der Waals surface area (Å²) in [6.45, 7) is 0. The first kappa shape index (κ1) is 8.62. The lowest BCUT2D eigenvalue weighted by molar-refractivity contribution is 0.627. The molecule has 2 aromatic carbocycles. The number of benzene rings is 2. The predicted molar refractivity (Wildman–Crippen MR) is 57.9 cm³/mol. The van der Waals surface area contributed by atoms with Gasteiger partial charge in [0.2, 0.25) is 0 Å². The van der Waals surface area contributed by atoms with Crippen molar-refractivity contribution in [1.29, 1.82) is 0 Å². The number of hydrogen-bond acceptors (Lipinski definition) is 1. The minimum absolute atomic E-state index is 0.114. The van der Waals surface area contributed by atoms with Crippen molar-refractivity contribution in [3.05, 3.63) is 59.4 Å². The normalized spacial score (nSPS) is 17.3. The third-order valence-corrected chi connectivity index (χ3v) is 2.94. The van der Waals surface area contributed by atoms with E-state index in [0.29, 0.717) is 0 Å². The van der Waals surface area contributed by atoms with Crippen LogP contribution in [0.3, 0.4) is 0 Å². The number of rotatable bonds is 0. The van der Waals surface area contributed by atoms with E-state index in [1.54, 1.807) is 12.1 Å². The van der Waals surface area contributed by atoms with Crippen LogP contribution in [-0.2, 0) is 0 Å². The lowest BCUT2D eigenvalue weighted by atomic mass is 10.1. The number of nitrogens with two attached hydrogens (primary N) is 1. The fourth-order valence-corrected chi connectivity index (χ4v) is 2.21. The maximum Gasteiger partial charge on any atom is 0.123 e. The van der Waals surface area contributed by atoms with Crippen LogP contribution in [0, 0.1) is 5.82 Å². The van der Waals surface area contributed by atoms with Crippen molar-refractivity contribution in [2.24, 2.45) is 5.73 Å². The Labute approximate surface area is 87.4 Å². The lowest BCUT2D eigenvalue weighted by Crippen LogP contribution is -2.07. The van der Waals surface area contributed by atoms with E-state index in [-0.39, 0.29) is 11.9 Å². The second kappa shape index (κ2) is 2.91. The largest absolute Gasteiger partial charge is 0.320 e. The molecule has 3 rings (SSSR count). The number of fused-ring (bicyclic) bond motifs is 3. The molecule has 0 aromatic heterocycles. The van der Waals surface area contributed by atoms with Gasteiger partial charge in [-0.1, -0.05) is 30.3 Å². The summed E-state index contributed by atoms with van der Waals surface area (Å²) >= 11 is 0. The molecule has 0 aliphatic heterocycles. The summed E-state index contributed by atoms with van der Waals surface area (Å²) in [5, 5.41) is 0. The molecule has 0 amide bonds. The van der Waals surface area contributed by atoms with Gasteiger partial charge in [-0.05, 0) is 34.4 Å². The Hall–Kier alpha value is -1.67. The molecule has 0 saturated heterocycles. The van der Waals surface area contributed by atoms with E-state index in [1.165, 1.54) is 6.07 Å². The monoisotopic (exact) mass is 199 g/mol. The summed E-state index contributed by atoms with van der Waals surface area (Å²) in [6, 6.07) is 12.6. The van der Waals surface area contributed by atoms with Crippen LogP contribution in [0.4, 0.5) is 4.39 Å². The van der Waals surface area contributed by atoms with Crippen LogP contribution in [0.15, 0.2) is 42.5 Å². The average Bonchev–Trinajstić information content (AvgIpc) is 2.54. The van der Waals surface area contributed by atoms with Crippen LogP contribution >= 0.6 is 0 Å². The van der Waals surface area contributed by atoms with Crippen molar-refractivity contribution < 1.29 is 4.39 Å². The van der Waals surface area contributed by atoms with Gasteiger partial charge in [0.25, 0.3) is 0 Å². The van der Waals surface area contributed by atoms with Gasteiger partial charge in [-0.25, -0.2) is 4.39 Å². The summed E-state index contributed by atoms with van der Waals surface area (Å²) in [7, 11) is 0. The molecule has 2 aromatic rings. The van der Waals surface area contributed by atoms with Crippen molar-refractivity contribution in [3.63, 3.8) is 0 Å². The third-order valence-electron chi connectivity index (χ3n) is 2.94. The Morgan fingerprint density at radius 2 is 1.67 bits per heavy atom. The fourth-order valence-electron chi connectivity index (χ4n) is 2.21. The molecular formula is C13H10FN. The highest BCUT2D eigenvalue weighted by atomic mass is 19.1. The number of halogens is 1. The van der Waals surface area contributed by atoms with Crippen LogP contribution in [0.25, 0.3) is 11.1 Å². The maximum absolute atomic E-state index is 13.1. The molecule has 74 valence electrons. The molecule has 1 nitrogen and oxygen atoms in total. The van der Waals surface area contributed by atoms with Gasteiger partial charge in [-0.2, -0.15) is 0 Å². The SMILES string of the molecule is NC1c2ccccc2-c2cc(F)ccc21. The van der Waals surface area contributed by atoms with E-state index in [2.05, 4.69) is 0 Å². The van der Waals surface area contributed by atoms with Gasteiger partial charge in [0.05, 0.1) is 6.04 Å². The molecule has 0 fully saturated rings. The summed E-state index contributed by atoms with van der Waals surface area (Å²) in [4.78, 5) is 0. The van der Waals surface area contributed by atoms with Gasteiger partial charge in [-0.3, -0.25) is 0 Å². The molecule has 0 saturated carbocycles. The van der Waals surface area contributed by atoms with Crippen molar-refractivity contribution >= 4 is 0 Å². The van der Waals surface area contributed by atoms with Crippen LogP contribution < -0.4 is 5.73 Å². The number of hydrogen-bond donors (Lipinski definition) is 1. The highest BCUT2D eigenvalue weighted by Gasteiger charge is 2.25. The summed E-state index contributed by atoms with van der Waals surface area (Å²) in [6.07, 6.45) is 0. The zero-order chi connectivity index (χ0) is 10.4. The highest BCUT2D eigenvalue weighted by molar-refractivity contribution is 5.78. The standard InChI is InChI=1S/C13H10FN/c14-8-5-6-11-12(7-8)9-3-1-2-4-10(9)13(11)15/h1-7,13H,15H2. The molecule has 2 N–H and O–H groups in total. The Morgan fingerprint density at radius 3 is 2.53 bits per heavy atom. The zero-order valence-corrected chi connectivity index (χ0v) is 8.07. The fraction of sp³-hybridized carbons (Fsp3) is 0.0769. The zero-order valence-electron chi connectivity index (χ0n) is 8.07. The molecule has 1 aliphatic carbocycles. The average molecular weight is 199 g/mol. The van der Waals surface area contributed by atoms with E-state index < -0.39 is 0 Å². The van der Waals surface area contributed by atoms with Crippen LogP contribution in [0.1, 0.15) is 17.2 Å². The van der Waals surface area contributed by atoms with Gasteiger partial charge < -0.3 is 5.73 Å². The van der Waals surface area contributed by atoms with Gasteiger partial charge in [0.1, 0.15) is 5.82 Å². The molecular weight excluding hydrogens is 189 g/mol. The Balaban J connectivity index is 2.34. The van der Waals surface area contributed by atoms with Gasteiger partial charge >= 0.3 is 0 Å². The van der Waals surface area contributed by atoms with Crippen molar-refractivity contribution in [2.75, 3.05) is 0 Å². The second-order valence-electron chi connectivity index (χ2n) is 3.80.